The summed E-state index contributed by atoms with van der Waals surface area (Å²) in [5.41, 5.74) is 0.933. The first-order chi connectivity index (χ1) is 10.0. The van der Waals surface area contributed by atoms with Crippen molar-refractivity contribution in [3.05, 3.63) is 35.4 Å². The molecule has 2 aliphatic heterocycles. The molecular weight excluding hydrogens is 270 g/mol. The minimum Gasteiger partial charge on any atom is -0.478 e. The number of aliphatic hydroxyl groups is 1. The second-order valence-electron chi connectivity index (χ2n) is 5.99. The number of piperidine rings is 1. The molecule has 21 heavy (non-hydrogen) atoms. The summed E-state index contributed by atoms with van der Waals surface area (Å²) in [6.45, 7) is 0. The van der Waals surface area contributed by atoms with E-state index in [0.29, 0.717) is 12.8 Å². The third-order valence-electron chi connectivity index (χ3n) is 4.53. The van der Waals surface area contributed by atoms with Gasteiger partial charge in [0.15, 0.2) is 0 Å². The van der Waals surface area contributed by atoms with Gasteiger partial charge in [-0.15, -0.1) is 0 Å². The zero-order valence-corrected chi connectivity index (χ0v) is 11.7. The molecule has 2 aliphatic rings. The van der Waals surface area contributed by atoms with Crippen molar-refractivity contribution in [3.8, 4) is 0 Å². The number of hydrogen-bond donors (Lipinski definition) is 2. The van der Waals surface area contributed by atoms with Crippen LogP contribution in [0.3, 0.4) is 0 Å². The van der Waals surface area contributed by atoms with Gasteiger partial charge >= 0.3 is 5.97 Å². The van der Waals surface area contributed by atoms with Gasteiger partial charge in [0.05, 0.1) is 18.1 Å². The summed E-state index contributed by atoms with van der Waals surface area (Å²) in [5, 5.41) is 18.8. The third kappa shape index (κ3) is 2.78. The molecule has 3 rings (SSSR count). The Hall–Kier alpha value is -1.88. The quantitative estimate of drug-likeness (QED) is 0.882. The molecule has 5 heteroatoms. The fraction of sp³-hybridized carbons (Fsp3) is 0.500. The minimum absolute atomic E-state index is 0.0388. The van der Waals surface area contributed by atoms with Crippen LogP contribution >= 0.6 is 0 Å². The molecule has 2 bridgehead atoms. The normalized spacial score (nSPS) is 27.7. The van der Waals surface area contributed by atoms with Crippen molar-refractivity contribution in [2.24, 2.45) is 0 Å². The van der Waals surface area contributed by atoms with Gasteiger partial charge < -0.3 is 15.1 Å². The zero-order chi connectivity index (χ0) is 15.0. The van der Waals surface area contributed by atoms with Crippen LogP contribution in [-0.4, -0.2) is 45.2 Å². The number of carbonyl (C=O) groups excluding carboxylic acids is 1. The van der Waals surface area contributed by atoms with Crippen LogP contribution in [0.25, 0.3) is 0 Å². The molecule has 2 saturated heterocycles. The molecule has 0 saturated carbocycles. The number of aromatic carboxylic acids is 1. The van der Waals surface area contributed by atoms with E-state index in [4.69, 9.17) is 5.11 Å². The van der Waals surface area contributed by atoms with Crippen molar-refractivity contribution in [1.29, 1.82) is 0 Å². The number of hydrogen-bond acceptors (Lipinski definition) is 3. The number of carboxylic acid groups (broad SMARTS) is 1. The minimum atomic E-state index is -0.981. The van der Waals surface area contributed by atoms with E-state index in [1.807, 2.05) is 4.90 Å². The van der Waals surface area contributed by atoms with Gasteiger partial charge in [-0.3, -0.25) is 4.79 Å². The molecular formula is C16H19NO4. The van der Waals surface area contributed by atoms with E-state index in [-0.39, 0.29) is 36.1 Å². The summed E-state index contributed by atoms with van der Waals surface area (Å²) in [5.74, 6) is -0.942. The molecule has 1 aromatic carbocycles. The maximum Gasteiger partial charge on any atom is 0.335 e. The lowest BCUT2D eigenvalue weighted by Gasteiger charge is -2.37. The molecule has 2 fully saturated rings. The first kappa shape index (κ1) is 14.1. The Balaban J connectivity index is 1.72. The van der Waals surface area contributed by atoms with Gasteiger partial charge in [0, 0.05) is 12.1 Å². The summed E-state index contributed by atoms with van der Waals surface area (Å²) >= 11 is 0. The summed E-state index contributed by atoms with van der Waals surface area (Å²) in [7, 11) is 0. The molecule has 2 unspecified atom stereocenters. The molecule has 112 valence electrons. The third-order valence-corrected chi connectivity index (χ3v) is 4.53. The number of nitrogens with zero attached hydrogens (tertiary/aromatic N) is 1. The molecule has 5 nitrogen and oxygen atoms in total. The van der Waals surface area contributed by atoms with Gasteiger partial charge in [-0.2, -0.15) is 0 Å². The summed E-state index contributed by atoms with van der Waals surface area (Å²) in [4.78, 5) is 25.4. The average Bonchev–Trinajstić information content (AvgIpc) is 2.71. The van der Waals surface area contributed by atoms with Crippen molar-refractivity contribution in [2.75, 3.05) is 0 Å². The molecule has 0 radical (unpaired) electrons. The van der Waals surface area contributed by atoms with Gasteiger partial charge in [-0.25, -0.2) is 4.79 Å². The van der Waals surface area contributed by atoms with Crippen molar-refractivity contribution < 1.29 is 19.8 Å². The highest BCUT2D eigenvalue weighted by Gasteiger charge is 2.42. The fourth-order valence-electron chi connectivity index (χ4n) is 3.64. The standard InChI is InChI=1S/C16H19NO4/c18-14-8-12-4-5-13(9-14)17(12)15(19)7-10-2-1-3-11(6-10)16(20)21/h1-3,6,12-14,18H,4-5,7-9H2,(H,20,21). The molecule has 0 aromatic heterocycles. The monoisotopic (exact) mass is 289 g/mol. The number of rotatable bonds is 3. The van der Waals surface area contributed by atoms with Crippen LogP contribution in [0.15, 0.2) is 24.3 Å². The Morgan fingerprint density at radius 1 is 1.19 bits per heavy atom. The number of carbonyl (C=O) groups is 2. The van der Waals surface area contributed by atoms with Gasteiger partial charge in [0.25, 0.3) is 0 Å². The SMILES string of the molecule is O=C(O)c1cccc(CC(=O)N2C3CCC2CC(O)C3)c1. The van der Waals surface area contributed by atoms with Crippen LogP contribution in [0.2, 0.25) is 0 Å². The average molecular weight is 289 g/mol. The van der Waals surface area contributed by atoms with E-state index in [9.17, 15) is 14.7 Å². The van der Waals surface area contributed by atoms with Crippen LogP contribution < -0.4 is 0 Å². The first-order valence-corrected chi connectivity index (χ1v) is 7.36. The smallest absolute Gasteiger partial charge is 0.335 e. The largest absolute Gasteiger partial charge is 0.478 e. The first-order valence-electron chi connectivity index (χ1n) is 7.36. The summed E-state index contributed by atoms with van der Waals surface area (Å²) in [6.07, 6.45) is 3.19. The molecule has 2 N–H and O–H groups in total. The van der Waals surface area contributed by atoms with Gasteiger partial charge in [-0.1, -0.05) is 12.1 Å². The lowest BCUT2D eigenvalue weighted by atomic mass is 9.98. The van der Waals surface area contributed by atoms with Crippen molar-refractivity contribution in [1.82, 2.24) is 4.90 Å². The van der Waals surface area contributed by atoms with E-state index in [1.165, 1.54) is 6.07 Å². The molecule has 1 amide bonds. The Morgan fingerprint density at radius 3 is 2.48 bits per heavy atom. The lowest BCUT2D eigenvalue weighted by Crippen LogP contribution is -2.48. The number of amides is 1. The predicted molar refractivity (Wildman–Crippen MR) is 76.0 cm³/mol. The maximum atomic E-state index is 12.5. The second-order valence-corrected chi connectivity index (χ2v) is 5.99. The number of fused-ring (bicyclic) bond motifs is 2. The second kappa shape index (κ2) is 5.48. The molecule has 2 heterocycles. The Kier molecular flexibility index (Phi) is 3.68. The van der Waals surface area contributed by atoms with Crippen LogP contribution in [0, 0.1) is 0 Å². The highest BCUT2D eigenvalue weighted by molar-refractivity contribution is 5.88. The van der Waals surface area contributed by atoms with Crippen molar-refractivity contribution in [3.63, 3.8) is 0 Å². The Bertz CT molecular complexity index is 557. The number of benzene rings is 1. The van der Waals surface area contributed by atoms with Gasteiger partial charge in [-0.05, 0) is 43.4 Å². The summed E-state index contributed by atoms with van der Waals surface area (Å²) in [6, 6.07) is 6.83. The van der Waals surface area contributed by atoms with Crippen LogP contribution in [0.5, 0.6) is 0 Å². The lowest BCUT2D eigenvalue weighted by molar-refractivity contribution is -0.136. The van der Waals surface area contributed by atoms with Crippen molar-refractivity contribution >= 4 is 11.9 Å². The molecule has 0 spiro atoms. The van der Waals surface area contributed by atoms with E-state index in [0.717, 1.165) is 18.4 Å². The van der Waals surface area contributed by atoms with Gasteiger partial charge in [0.1, 0.15) is 0 Å². The van der Waals surface area contributed by atoms with Gasteiger partial charge in [0.2, 0.25) is 5.91 Å². The Labute approximate surface area is 123 Å². The highest BCUT2D eigenvalue weighted by atomic mass is 16.4. The van der Waals surface area contributed by atoms with E-state index < -0.39 is 5.97 Å². The molecule has 2 atom stereocenters. The highest BCUT2D eigenvalue weighted by Crippen LogP contribution is 2.36. The van der Waals surface area contributed by atoms with Crippen LogP contribution in [0.1, 0.15) is 41.6 Å². The number of carboxylic acids is 1. The summed E-state index contributed by atoms with van der Waals surface area (Å²) < 4.78 is 0. The van der Waals surface area contributed by atoms with E-state index in [2.05, 4.69) is 0 Å². The molecule has 0 aliphatic carbocycles. The zero-order valence-electron chi connectivity index (χ0n) is 11.7. The predicted octanol–water partition coefficient (Wildman–Crippen LogP) is 1.44. The number of aliphatic hydroxyl groups excluding tert-OH is 1. The topological polar surface area (TPSA) is 77.8 Å². The van der Waals surface area contributed by atoms with Crippen molar-refractivity contribution in [2.45, 2.75) is 50.3 Å². The van der Waals surface area contributed by atoms with E-state index in [1.54, 1.807) is 18.2 Å². The molecule has 1 aromatic rings. The van der Waals surface area contributed by atoms with Crippen LogP contribution in [0.4, 0.5) is 0 Å². The fourth-order valence-corrected chi connectivity index (χ4v) is 3.64. The maximum absolute atomic E-state index is 12.5. The van der Waals surface area contributed by atoms with E-state index >= 15 is 0 Å². The Morgan fingerprint density at radius 2 is 1.86 bits per heavy atom. The van der Waals surface area contributed by atoms with Crippen LogP contribution in [-0.2, 0) is 11.2 Å².